The number of carbonyl (C=O) groups is 1. The van der Waals surface area contributed by atoms with Gasteiger partial charge in [-0.2, -0.15) is 0 Å². The number of likely N-dealkylation sites (tertiary alicyclic amines) is 1. The maximum atomic E-state index is 13.2. The van der Waals surface area contributed by atoms with Crippen LogP contribution in [0.2, 0.25) is 0 Å². The highest BCUT2D eigenvalue weighted by molar-refractivity contribution is 5.80. The number of ether oxygens (including phenoxy) is 1. The van der Waals surface area contributed by atoms with E-state index in [9.17, 15) is 9.18 Å². The fourth-order valence-electron chi connectivity index (χ4n) is 3.64. The van der Waals surface area contributed by atoms with Crippen LogP contribution in [0.25, 0.3) is 0 Å². The number of esters is 1. The van der Waals surface area contributed by atoms with Crippen LogP contribution in [-0.4, -0.2) is 50.1 Å². The van der Waals surface area contributed by atoms with E-state index in [2.05, 4.69) is 17.1 Å². The molecule has 1 saturated carbocycles. The molecule has 0 atom stereocenters. The third kappa shape index (κ3) is 4.17. The zero-order chi connectivity index (χ0) is 18.6. The zero-order valence-electron chi connectivity index (χ0n) is 15.6. The van der Waals surface area contributed by atoms with Crippen molar-refractivity contribution in [1.29, 1.82) is 0 Å². The fraction of sp³-hybridized carbons (Fsp3) is 0.600. The van der Waals surface area contributed by atoms with Crippen molar-refractivity contribution in [1.82, 2.24) is 10.2 Å². The van der Waals surface area contributed by atoms with E-state index >= 15 is 0 Å². The number of halogens is 1. The molecule has 0 radical (unpaired) electrons. The Labute approximate surface area is 154 Å². The van der Waals surface area contributed by atoms with Crippen molar-refractivity contribution >= 4 is 11.9 Å². The van der Waals surface area contributed by atoms with Gasteiger partial charge >= 0.3 is 5.97 Å². The topological polar surface area (TPSA) is 53.9 Å². The van der Waals surface area contributed by atoms with Gasteiger partial charge in [-0.05, 0) is 50.3 Å². The largest absolute Gasteiger partial charge is 0.469 e. The summed E-state index contributed by atoms with van der Waals surface area (Å²) in [7, 11) is 1.45. The normalized spacial score (nSPS) is 20.0. The number of nitrogens with zero attached hydrogens (tertiary/aromatic N) is 2. The number of guanidine groups is 1. The van der Waals surface area contributed by atoms with Crippen molar-refractivity contribution in [2.75, 3.05) is 33.3 Å². The molecule has 1 aromatic carbocycles. The van der Waals surface area contributed by atoms with Gasteiger partial charge in [-0.25, -0.2) is 4.39 Å². The van der Waals surface area contributed by atoms with Crippen LogP contribution in [0.1, 0.15) is 38.2 Å². The van der Waals surface area contributed by atoms with Crippen LogP contribution in [0.3, 0.4) is 0 Å². The van der Waals surface area contributed by atoms with Crippen molar-refractivity contribution in [3.8, 4) is 0 Å². The van der Waals surface area contributed by atoms with E-state index < -0.39 is 0 Å². The maximum Gasteiger partial charge on any atom is 0.308 e. The Hall–Kier alpha value is -2.11. The molecule has 1 aromatic rings. The summed E-state index contributed by atoms with van der Waals surface area (Å²) in [5.41, 5.74) is 1.22. The predicted molar refractivity (Wildman–Crippen MR) is 99.6 cm³/mol. The lowest BCUT2D eigenvalue weighted by Gasteiger charge is -2.33. The molecule has 1 N–H and O–H groups in total. The molecule has 5 nitrogen and oxygen atoms in total. The molecule has 1 saturated heterocycles. The van der Waals surface area contributed by atoms with Crippen LogP contribution in [0, 0.1) is 11.7 Å². The molecule has 1 aliphatic heterocycles. The summed E-state index contributed by atoms with van der Waals surface area (Å²) in [6.45, 7) is 5.17. The average Bonchev–Trinajstić information content (AvgIpc) is 3.46. The van der Waals surface area contributed by atoms with Crippen LogP contribution in [0.5, 0.6) is 0 Å². The molecular weight excluding hydrogens is 333 g/mol. The van der Waals surface area contributed by atoms with Gasteiger partial charge in [0.05, 0.1) is 19.6 Å². The van der Waals surface area contributed by atoms with Crippen LogP contribution < -0.4 is 5.32 Å². The van der Waals surface area contributed by atoms with Gasteiger partial charge in [0, 0.05) is 25.0 Å². The predicted octanol–water partition coefficient (Wildman–Crippen LogP) is 2.71. The van der Waals surface area contributed by atoms with Crippen molar-refractivity contribution in [2.24, 2.45) is 10.9 Å². The number of aliphatic imine (C=N–C) groups is 1. The highest BCUT2D eigenvalue weighted by atomic mass is 19.1. The second-order valence-corrected chi connectivity index (χ2v) is 7.24. The Balaban J connectivity index is 1.65. The number of hydrogen-bond acceptors (Lipinski definition) is 3. The summed E-state index contributed by atoms with van der Waals surface area (Å²) in [6, 6.07) is 6.82. The lowest BCUT2D eigenvalue weighted by molar-refractivity contribution is -0.146. The van der Waals surface area contributed by atoms with E-state index in [-0.39, 0.29) is 23.1 Å². The number of carbonyl (C=O) groups excluding carboxylic acids is 1. The van der Waals surface area contributed by atoms with Crippen LogP contribution in [0.15, 0.2) is 29.3 Å². The molecule has 2 aliphatic rings. The van der Waals surface area contributed by atoms with E-state index in [0.717, 1.165) is 51.3 Å². The van der Waals surface area contributed by atoms with E-state index in [1.54, 1.807) is 0 Å². The van der Waals surface area contributed by atoms with E-state index in [1.165, 1.54) is 24.8 Å². The number of benzene rings is 1. The third-order valence-electron chi connectivity index (χ3n) is 5.51. The first-order valence-electron chi connectivity index (χ1n) is 9.45. The number of methoxy groups -OCH3 is 1. The highest BCUT2D eigenvalue weighted by Gasteiger charge is 2.44. The van der Waals surface area contributed by atoms with Crippen molar-refractivity contribution in [3.63, 3.8) is 0 Å². The van der Waals surface area contributed by atoms with E-state index in [0.29, 0.717) is 6.54 Å². The van der Waals surface area contributed by atoms with Crippen molar-refractivity contribution in [2.45, 2.75) is 38.0 Å². The summed E-state index contributed by atoms with van der Waals surface area (Å²) >= 11 is 0. The van der Waals surface area contributed by atoms with Gasteiger partial charge in [-0.15, -0.1) is 0 Å². The summed E-state index contributed by atoms with van der Waals surface area (Å²) in [5, 5.41) is 3.37. The van der Waals surface area contributed by atoms with Gasteiger partial charge in [-0.1, -0.05) is 12.1 Å². The highest BCUT2D eigenvalue weighted by Crippen LogP contribution is 2.48. The molecule has 1 heterocycles. The van der Waals surface area contributed by atoms with Crippen LogP contribution in [0.4, 0.5) is 4.39 Å². The lowest BCUT2D eigenvalue weighted by Crippen LogP contribution is -2.47. The monoisotopic (exact) mass is 361 g/mol. The zero-order valence-corrected chi connectivity index (χ0v) is 15.6. The molecule has 0 unspecified atom stereocenters. The Morgan fingerprint density at radius 3 is 2.50 bits per heavy atom. The van der Waals surface area contributed by atoms with E-state index in [1.807, 2.05) is 12.1 Å². The van der Waals surface area contributed by atoms with Gasteiger partial charge in [0.15, 0.2) is 5.96 Å². The summed E-state index contributed by atoms with van der Waals surface area (Å²) in [5.74, 6) is 0.590. The van der Waals surface area contributed by atoms with Gasteiger partial charge in [-0.3, -0.25) is 9.79 Å². The van der Waals surface area contributed by atoms with E-state index in [4.69, 9.17) is 9.73 Å². The van der Waals surface area contributed by atoms with Crippen LogP contribution >= 0.6 is 0 Å². The molecule has 3 rings (SSSR count). The first kappa shape index (κ1) is 18.7. The molecule has 26 heavy (non-hydrogen) atoms. The molecule has 0 bridgehead atoms. The Morgan fingerprint density at radius 2 is 1.96 bits per heavy atom. The molecule has 0 aromatic heterocycles. The van der Waals surface area contributed by atoms with Gasteiger partial charge in [0.2, 0.25) is 0 Å². The fourth-order valence-corrected chi connectivity index (χ4v) is 3.64. The summed E-state index contributed by atoms with van der Waals surface area (Å²) < 4.78 is 18.1. The number of rotatable bonds is 5. The minimum atomic E-state index is -0.199. The molecule has 1 aliphatic carbocycles. The van der Waals surface area contributed by atoms with Crippen molar-refractivity contribution < 1.29 is 13.9 Å². The lowest BCUT2D eigenvalue weighted by atomic mass is 9.96. The summed E-state index contributed by atoms with van der Waals surface area (Å²) in [4.78, 5) is 18.8. The number of hydrogen-bond donors (Lipinski definition) is 1. The average molecular weight is 361 g/mol. The van der Waals surface area contributed by atoms with Gasteiger partial charge in [0.1, 0.15) is 5.82 Å². The summed E-state index contributed by atoms with van der Waals surface area (Å²) in [6.07, 6.45) is 3.76. The quantitative estimate of drug-likeness (QED) is 0.498. The van der Waals surface area contributed by atoms with Gasteiger partial charge < -0.3 is 15.0 Å². The maximum absolute atomic E-state index is 13.2. The third-order valence-corrected chi connectivity index (χ3v) is 5.51. The smallest absolute Gasteiger partial charge is 0.308 e. The molecular formula is C20H28FN3O2. The Morgan fingerprint density at radius 1 is 1.31 bits per heavy atom. The van der Waals surface area contributed by atoms with Crippen LogP contribution in [-0.2, 0) is 14.9 Å². The first-order chi connectivity index (χ1) is 12.6. The number of nitrogens with one attached hydrogen (secondary N) is 1. The van der Waals surface area contributed by atoms with Gasteiger partial charge in [0.25, 0.3) is 0 Å². The molecule has 0 amide bonds. The van der Waals surface area contributed by atoms with Crippen molar-refractivity contribution in [3.05, 3.63) is 35.6 Å². The standard InChI is InChI=1S/C20H28FN3O2/c1-3-22-19(24-12-8-15(9-13-24)18(25)26-2)23-14-20(10-11-20)16-4-6-17(21)7-5-16/h4-7,15H,3,8-14H2,1-2H3,(H,22,23). The molecule has 6 heteroatoms. The molecule has 142 valence electrons. The second-order valence-electron chi connectivity index (χ2n) is 7.24. The molecule has 2 fully saturated rings. The molecule has 0 spiro atoms. The minimum absolute atomic E-state index is 0.00637. The Bertz CT molecular complexity index is 648. The second kappa shape index (κ2) is 8.06. The Kier molecular flexibility index (Phi) is 5.79. The number of piperidine rings is 1. The minimum Gasteiger partial charge on any atom is -0.469 e. The first-order valence-corrected chi connectivity index (χ1v) is 9.45. The SMILES string of the molecule is CCNC(=NCC1(c2ccc(F)cc2)CC1)N1CCC(C(=O)OC)CC1.